The molecule has 0 radical (unpaired) electrons. The van der Waals surface area contributed by atoms with Crippen LogP contribution in [-0.4, -0.2) is 19.6 Å². The molecule has 3 rings (SSSR count). The van der Waals surface area contributed by atoms with Gasteiger partial charge in [0.1, 0.15) is 18.3 Å². The predicted octanol–water partition coefficient (Wildman–Crippen LogP) is 1.23. The van der Waals surface area contributed by atoms with E-state index in [1.165, 1.54) is 24.8 Å². The van der Waals surface area contributed by atoms with E-state index >= 15 is 0 Å². The fraction of sp³-hybridized carbons (Fsp3) is 0.455. The Hall–Kier alpha value is -1.62. The molecule has 5 nitrogen and oxygen atoms in total. The van der Waals surface area contributed by atoms with Crippen molar-refractivity contribution in [1.29, 1.82) is 0 Å². The lowest BCUT2D eigenvalue weighted by atomic mass is 10.0. The van der Waals surface area contributed by atoms with Crippen molar-refractivity contribution < 1.29 is 9.52 Å². The normalized spacial score (nSPS) is 15.1. The quantitative estimate of drug-likeness (QED) is 0.825. The van der Waals surface area contributed by atoms with Gasteiger partial charge in [0, 0.05) is 0 Å². The van der Waals surface area contributed by atoms with Crippen LogP contribution in [0.1, 0.15) is 29.9 Å². The summed E-state index contributed by atoms with van der Waals surface area (Å²) in [6.07, 6.45) is 7.68. The molecule has 0 saturated carbocycles. The third-order valence-corrected chi connectivity index (χ3v) is 2.94. The molecule has 2 heterocycles. The van der Waals surface area contributed by atoms with Crippen LogP contribution in [0.25, 0.3) is 6.01 Å². The zero-order chi connectivity index (χ0) is 11.0. The Morgan fingerprint density at radius 3 is 3.06 bits per heavy atom. The summed E-state index contributed by atoms with van der Waals surface area (Å²) in [5, 5.41) is 8.94. The molecule has 2 aromatic heterocycles. The first-order valence-corrected chi connectivity index (χ1v) is 5.49. The predicted molar refractivity (Wildman–Crippen MR) is 56.2 cm³/mol. The Bertz CT molecular complexity index is 501. The van der Waals surface area contributed by atoms with Crippen LogP contribution < -0.4 is 0 Å². The van der Waals surface area contributed by atoms with Crippen LogP contribution in [0.5, 0.6) is 0 Å². The number of rotatable bonds is 2. The zero-order valence-electron chi connectivity index (χ0n) is 8.89. The van der Waals surface area contributed by atoms with Gasteiger partial charge in [-0.3, -0.25) is 4.57 Å². The molecule has 0 fully saturated rings. The summed E-state index contributed by atoms with van der Waals surface area (Å²) < 4.78 is 7.20. The molecule has 1 aliphatic carbocycles. The molecule has 84 valence electrons. The number of hydrogen-bond donors (Lipinski definition) is 1. The minimum absolute atomic E-state index is 0.0968. The second-order valence-electron chi connectivity index (χ2n) is 3.99. The average Bonchev–Trinajstić information content (AvgIpc) is 2.94. The first kappa shape index (κ1) is 9.59. The summed E-state index contributed by atoms with van der Waals surface area (Å²) >= 11 is 0. The summed E-state index contributed by atoms with van der Waals surface area (Å²) in [5.41, 5.74) is 2.89. The van der Waals surface area contributed by atoms with E-state index in [1.807, 2.05) is 4.57 Å². The van der Waals surface area contributed by atoms with Crippen molar-refractivity contribution in [3.8, 4) is 6.01 Å². The number of nitrogens with zero attached hydrogens (tertiary/aromatic N) is 3. The van der Waals surface area contributed by atoms with Gasteiger partial charge < -0.3 is 9.52 Å². The fourth-order valence-corrected chi connectivity index (χ4v) is 2.11. The van der Waals surface area contributed by atoms with E-state index in [2.05, 4.69) is 9.97 Å². The van der Waals surface area contributed by atoms with Gasteiger partial charge in [-0.25, -0.2) is 4.98 Å². The van der Waals surface area contributed by atoms with Crippen LogP contribution in [0.2, 0.25) is 0 Å². The third-order valence-electron chi connectivity index (χ3n) is 2.94. The molecule has 0 unspecified atom stereocenters. The first-order chi connectivity index (χ1) is 7.88. The number of aliphatic hydroxyl groups excluding tert-OH is 1. The van der Waals surface area contributed by atoms with Crippen molar-refractivity contribution in [3.63, 3.8) is 0 Å². The molecular weight excluding hydrogens is 206 g/mol. The Kier molecular flexibility index (Phi) is 2.25. The van der Waals surface area contributed by atoms with E-state index in [9.17, 15) is 0 Å². The van der Waals surface area contributed by atoms with Gasteiger partial charge >= 0.3 is 6.01 Å². The van der Waals surface area contributed by atoms with Gasteiger partial charge in [-0.05, 0) is 25.7 Å². The minimum atomic E-state index is -0.0968. The molecule has 0 amide bonds. The largest absolute Gasteiger partial charge is 0.431 e. The Balaban J connectivity index is 2.02. The van der Waals surface area contributed by atoms with Crippen molar-refractivity contribution >= 4 is 0 Å². The van der Waals surface area contributed by atoms with Crippen molar-refractivity contribution in [2.24, 2.45) is 0 Å². The number of aromatic nitrogens is 3. The van der Waals surface area contributed by atoms with Crippen LogP contribution in [-0.2, 0) is 19.4 Å². The number of oxazole rings is 1. The molecular formula is C11H13N3O2. The lowest BCUT2D eigenvalue weighted by molar-refractivity contribution is 0.276. The van der Waals surface area contributed by atoms with Crippen LogP contribution in [0.15, 0.2) is 17.0 Å². The maximum atomic E-state index is 8.94. The second kappa shape index (κ2) is 3.75. The average molecular weight is 219 g/mol. The summed E-state index contributed by atoms with van der Waals surface area (Å²) in [6.45, 7) is -0.0968. The molecule has 2 aromatic rings. The number of fused-ring (bicyclic) bond motifs is 1. The first-order valence-electron chi connectivity index (χ1n) is 5.49. The third kappa shape index (κ3) is 1.44. The summed E-state index contributed by atoms with van der Waals surface area (Å²) in [7, 11) is 0. The van der Waals surface area contributed by atoms with Gasteiger partial charge in [0.15, 0.2) is 0 Å². The molecule has 0 bridgehead atoms. The van der Waals surface area contributed by atoms with E-state index < -0.39 is 0 Å². The van der Waals surface area contributed by atoms with Gasteiger partial charge in [-0.2, -0.15) is 4.98 Å². The highest BCUT2D eigenvalue weighted by molar-refractivity contribution is 5.24. The maximum absolute atomic E-state index is 8.94. The second-order valence-corrected chi connectivity index (χ2v) is 3.99. The lowest BCUT2D eigenvalue weighted by Crippen LogP contribution is -2.07. The van der Waals surface area contributed by atoms with Crippen molar-refractivity contribution in [3.05, 3.63) is 29.7 Å². The van der Waals surface area contributed by atoms with Gasteiger partial charge in [0.25, 0.3) is 0 Å². The summed E-state index contributed by atoms with van der Waals surface area (Å²) in [5.74, 6) is 0. The maximum Gasteiger partial charge on any atom is 0.307 e. The molecule has 0 spiro atoms. The standard InChI is InChI=1S/C11H13N3O2/c15-5-8-6-16-11(13-8)14-7-12-9-3-1-2-4-10(9)14/h6-7,15H,1-5H2. The molecule has 5 heteroatoms. The van der Waals surface area contributed by atoms with Crippen molar-refractivity contribution in [2.75, 3.05) is 0 Å². The molecule has 0 saturated heterocycles. The highest BCUT2D eigenvalue weighted by Crippen LogP contribution is 2.22. The Morgan fingerprint density at radius 1 is 1.38 bits per heavy atom. The van der Waals surface area contributed by atoms with Crippen molar-refractivity contribution in [1.82, 2.24) is 14.5 Å². The summed E-state index contributed by atoms with van der Waals surface area (Å²) in [6, 6.07) is 0.500. The Morgan fingerprint density at radius 2 is 2.25 bits per heavy atom. The Labute approximate surface area is 92.8 Å². The number of aryl methyl sites for hydroxylation is 1. The molecule has 1 N–H and O–H groups in total. The van der Waals surface area contributed by atoms with Gasteiger partial charge in [-0.15, -0.1) is 0 Å². The summed E-state index contributed by atoms with van der Waals surface area (Å²) in [4.78, 5) is 8.55. The van der Waals surface area contributed by atoms with E-state index in [-0.39, 0.29) is 6.61 Å². The van der Waals surface area contributed by atoms with E-state index in [4.69, 9.17) is 9.52 Å². The van der Waals surface area contributed by atoms with Gasteiger partial charge in [0.05, 0.1) is 18.0 Å². The van der Waals surface area contributed by atoms with Gasteiger partial charge in [0.2, 0.25) is 0 Å². The van der Waals surface area contributed by atoms with Crippen LogP contribution >= 0.6 is 0 Å². The van der Waals surface area contributed by atoms with E-state index in [0.29, 0.717) is 11.7 Å². The highest BCUT2D eigenvalue weighted by Gasteiger charge is 2.18. The molecule has 0 aliphatic heterocycles. The van der Waals surface area contributed by atoms with Gasteiger partial charge in [-0.1, -0.05) is 0 Å². The fourth-order valence-electron chi connectivity index (χ4n) is 2.11. The highest BCUT2D eigenvalue weighted by atomic mass is 16.4. The number of aliphatic hydroxyl groups is 1. The smallest absolute Gasteiger partial charge is 0.307 e. The van der Waals surface area contributed by atoms with E-state index in [0.717, 1.165) is 18.5 Å². The zero-order valence-corrected chi connectivity index (χ0v) is 8.89. The van der Waals surface area contributed by atoms with E-state index in [1.54, 1.807) is 6.33 Å². The lowest BCUT2D eigenvalue weighted by Gasteiger charge is -2.11. The van der Waals surface area contributed by atoms with Crippen LogP contribution in [0.3, 0.4) is 0 Å². The number of imidazole rings is 1. The molecule has 0 atom stereocenters. The van der Waals surface area contributed by atoms with Crippen molar-refractivity contribution in [2.45, 2.75) is 32.3 Å². The molecule has 1 aliphatic rings. The van der Waals surface area contributed by atoms with Crippen LogP contribution in [0, 0.1) is 0 Å². The molecule has 0 aromatic carbocycles. The van der Waals surface area contributed by atoms with Crippen LogP contribution in [0.4, 0.5) is 0 Å². The SMILES string of the molecule is OCc1coc(-n2cnc3c2CCCC3)n1. The number of hydrogen-bond acceptors (Lipinski definition) is 4. The minimum Gasteiger partial charge on any atom is -0.431 e. The molecule has 16 heavy (non-hydrogen) atoms. The topological polar surface area (TPSA) is 64.1 Å². The monoisotopic (exact) mass is 219 g/mol.